The minimum Gasteiger partial charge on any atom is -0.478 e. The second-order valence-corrected chi connectivity index (χ2v) is 5.08. The zero-order chi connectivity index (χ0) is 13.8. The third kappa shape index (κ3) is 3.56. The fraction of sp³-hybridized carbons (Fsp3) is 0.467. The third-order valence-corrected chi connectivity index (χ3v) is 3.31. The third-order valence-electron chi connectivity index (χ3n) is 3.31. The molecule has 0 spiro atoms. The van der Waals surface area contributed by atoms with Gasteiger partial charge in [-0.15, -0.1) is 0 Å². The number of carboxylic acid groups (broad SMARTS) is 1. The number of amides is 1. The van der Waals surface area contributed by atoms with Crippen molar-refractivity contribution in [1.82, 2.24) is 4.90 Å². The summed E-state index contributed by atoms with van der Waals surface area (Å²) in [7, 11) is 0. The molecule has 0 aliphatic heterocycles. The molecule has 0 saturated heterocycles. The lowest BCUT2D eigenvalue weighted by molar-refractivity contribution is 0.0697. The molecule has 0 heterocycles. The van der Waals surface area contributed by atoms with Gasteiger partial charge >= 0.3 is 5.97 Å². The maximum atomic E-state index is 12.4. The summed E-state index contributed by atoms with van der Waals surface area (Å²) >= 11 is 0. The van der Waals surface area contributed by atoms with Gasteiger partial charge in [-0.05, 0) is 43.4 Å². The van der Waals surface area contributed by atoms with Crippen LogP contribution in [0.3, 0.4) is 0 Å². The molecular formula is C15H19NO3. The first kappa shape index (κ1) is 13.6. The quantitative estimate of drug-likeness (QED) is 0.856. The number of aromatic carboxylic acids is 1. The number of carbonyl (C=O) groups excluding carboxylic acids is 1. The molecular weight excluding hydrogens is 242 g/mol. The van der Waals surface area contributed by atoms with Gasteiger partial charge in [0.2, 0.25) is 0 Å². The predicted molar refractivity (Wildman–Crippen MR) is 72.3 cm³/mol. The van der Waals surface area contributed by atoms with Crippen molar-refractivity contribution in [3.8, 4) is 0 Å². The Morgan fingerprint density at radius 1 is 1.32 bits per heavy atom. The van der Waals surface area contributed by atoms with Crippen molar-refractivity contribution < 1.29 is 14.7 Å². The molecule has 1 aromatic rings. The molecule has 4 nitrogen and oxygen atoms in total. The Balaban J connectivity index is 2.14. The van der Waals surface area contributed by atoms with E-state index in [0.29, 0.717) is 11.5 Å². The smallest absolute Gasteiger partial charge is 0.335 e. The average molecular weight is 261 g/mol. The van der Waals surface area contributed by atoms with Crippen LogP contribution in [0.5, 0.6) is 0 Å². The van der Waals surface area contributed by atoms with E-state index in [2.05, 4.69) is 0 Å². The Morgan fingerprint density at radius 3 is 2.58 bits per heavy atom. The molecule has 0 radical (unpaired) electrons. The Morgan fingerprint density at radius 2 is 2.00 bits per heavy atom. The minimum atomic E-state index is -1.00. The number of benzene rings is 1. The minimum absolute atomic E-state index is 0.0585. The summed E-state index contributed by atoms with van der Waals surface area (Å²) in [5.41, 5.74) is 0.628. The Hall–Kier alpha value is -1.84. The molecule has 0 atom stereocenters. The van der Waals surface area contributed by atoms with Crippen LogP contribution in [0.4, 0.5) is 0 Å². The summed E-state index contributed by atoms with van der Waals surface area (Å²) in [5.74, 6) is -0.422. The average Bonchev–Trinajstić information content (AvgIpc) is 3.21. The summed E-state index contributed by atoms with van der Waals surface area (Å²) in [5, 5.41) is 8.96. The van der Waals surface area contributed by atoms with Gasteiger partial charge in [0.25, 0.3) is 5.91 Å². The molecule has 1 fully saturated rings. The first-order valence-corrected chi connectivity index (χ1v) is 6.74. The first-order valence-electron chi connectivity index (χ1n) is 6.74. The second kappa shape index (κ2) is 5.87. The van der Waals surface area contributed by atoms with E-state index in [-0.39, 0.29) is 11.5 Å². The maximum absolute atomic E-state index is 12.4. The molecule has 19 heavy (non-hydrogen) atoms. The van der Waals surface area contributed by atoms with Gasteiger partial charge in [-0.25, -0.2) is 4.79 Å². The van der Waals surface area contributed by atoms with Crippen molar-refractivity contribution >= 4 is 11.9 Å². The van der Waals surface area contributed by atoms with Gasteiger partial charge in [-0.1, -0.05) is 13.0 Å². The van der Waals surface area contributed by atoms with E-state index in [1.54, 1.807) is 12.1 Å². The zero-order valence-corrected chi connectivity index (χ0v) is 11.1. The van der Waals surface area contributed by atoms with Crippen LogP contribution < -0.4 is 0 Å². The van der Waals surface area contributed by atoms with Crippen LogP contribution >= 0.6 is 0 Å². The van der Waals surface area contributed by atoms with Crippen LogP contribution in [0.1, 0.15) is 46.9 Å². The van der Waals surface area contributed by atoms with Crippen LogP contribution in [-0.4, -0.2) is 35.0 Å². The molecule has 1 amide bonds. The van der Waals surface area contributed by atoms with Crippen molar-refractivity contribution in [2.45, 2.75) is 26.2 Å². The van der Waals surface area contributed by atoms with E-state index in [1.165, 1.54) is 25.0 Å². The SMILES string of the molecule is CCCN(CC1CC1)C(=O)c1cccc(C(=O)O)c1. The first-order chi connectivity index (χ1) is 9.11. The summed E-state index contributed by atoms with van der Waals surface area (Å²) < 4.78 is 0. The monoisotopic (exact) mass is 261 g/mol. The summed E-state index contributed by atoms with van der Waals surface area (Å²) in [6.07, 6.45) is 3.31. The van der Waals surface area contributed by atoms with Crippen molar-refractivity contribution in [3.05, 3.63) is 35.4 Å². The van der Waals surface area contributed by atoms with Gasteiger partial charge in [0.05, 0.1) is 5.56 Å². The van der Waals surface area contributed by atoms with Crippen molar-refractivity contribution in [1.29, 1.82) is 0 Å². The van der Waals surface area contributed by atoms with E-state index in [0.717, 1.165) is 19.5 Å². The van der Waals surface area contributed by atoms with Gasteiger partial charge in [0, 0.05) is 18.7 Å². The highest BCUT2D eigenvalue weighted by atomic mass is 16.4. The lowest BCUT2D eigenvalue weighted by Crippen LogP contribution is -2.33. The number of rotatable bonds is 6. The molecule has 0 unspecified atom stereocenters. The molecule has 1 N–H and O–H groups in total. The highest BCUT2D eigenvalue weighted by Crippen LogP contribution is 2.30. The molecule has 102 valence electrons. The van der Waals surface area contributed by atoms with Crippen LogP contribution in [-0.2, 0) is 0 Å². The van der Waals surface area contributed by atoms with Crippen LogP contribution in [0.15, 0.2) is 24.3 Å². The fourth-order valence-electron chi connectivity index (χ4n) is 2.13. The highest BCUT2D eigenvalue weighted by Gasteiger charge is 2.27. The van der Waals surface area contributed by atoms with E-state index in [9.17, 15) is 9.59 Å². The van der Waals surface area contributed by atoms with E-state index in [1.807, 2.05) is 11.8 Å². The van der Waals surface area contributed by atoms with Crippen molar-refractivity contribution in [2.24, 2.45) is 5.92 Å². The van der Waals surface area contributed by atoms with Crippen molar-refractivity contribution in [3.63, 3.8) is 0 Å². The highest BCUT2D eigenvalue weighted by molar-refractivity contribution is 5.97. The number of carboxylic acids is 1. The maximum Gasteiger partial charge on any atom is 0.335 e. The molecule has 1 aliphatic carbocycles. The zero-order valence-electron chi connectivity index (χ0n) is 11.1. The predicted octanol–water partition coefficient (Wildman–Crippen LogP) is 2.65. The summed E-state index contributed by atoms with van der Waals surface area (Å²) in [6, 6.07) is 6.27. The largest absolute Gasteiger partial charge is 0.478 e. The molecule has 0 aromatic heterocycles. The molecule has 1 aromatic carbocycles. The number of hydrogen-bond acceptors (Lipinski definition) is 2. The molecule has 4 heteroatoms. The summed E-state index contributed by atoms with van der Waals surface area (Å²) in [6.45, 7) is 3.57. The molecule has 0 bridgehead atoms. The lowest BCUT2D eigenvalue weighted by Gasteiger charge is -2.22. The standard InChI is InChI=1S/C15H19NO3/c1-2-8-16(10-11-6-7-11)14(17)12-4-3-5-13(9-12)15(18)19/h3-5,9,11H,2,6-8,10H2,1H3,(H,18,19). The van der Waals surface area contributed by atoms with Gasteiger partial charge in [0.1, 0.15) is 0 Å². The number of carbonyl (C=O) groups is 2. The number of nitrogens with zero attached hydrogens (tertiary/aromatic N) is 1. The molecule has 1 aliphatic rings. The topological polar surface area (TPSA) is 57.6 Å². The van der Waals surface area contributed by atoms with Crippen molar-refractivity contribution in [2.75, 3.05) is 13.1 Å². The van der Waals surface area contributed by atoms with Crippen LogP contribution in [0, 0.1) is 5.92 Å². The van der Waals surface area contributed by atoms with Gasteiger partial charge in [-0.2, -0.15) is 0 Å². The van der Waals surface area contributed by atoms with E-state index in [4.69, 9.17) is 5.11 Å². The van der Waals surface area contributed by atoms with Crippen LogP contribution in [0.2, 0.25) is 0 Å². The Bertz CT molecular complexity index is 480. The normalized spacial score (nSPS) is 14.2. The molecule has 1 saturated carbocycles. The second-order valence-electron chi connectivity index (χ2n) is 5.08. The van der Waals surface area contributed by atoms with Crippen LogP contribution in [0.25, 0.3) is 0 Å². The van der Waals surface area contributed by atoms with Gasteiger partial charge in [0.15, 0.2) is 0 Å². The Kier molecular flexibility index (Phi) is 4.20. The Labute approximate surface area is 113 Å². The van der Waals surface area contributed by atoms with E-state index < -0.39 is 5.97 Å². The lowest BCUT2D eigenvalue weighted by atomic mass is 10.1. The van der Waals surface area contributed by atoms with Gasteiger partial charge < -0.3 is 10.0 Å². The molecule has 2 rings (SSSR count). The fourth-order valence-corrected chi connectivity index (χ4v) is 2.13. The number of hydrogen-bond donors (Lipinski definition) is 1. The summed E-state index contributed by atoms with van der Waals surface area (Å²) in [4.78, 5) is 25.2. The van der Waals surface area contributed by atoms with E-state index >= 15 is 0 Å². The van der Waals surface area contributed by atoms with Gasteiger partial charge in [-0.3, -0.25) is 4.79 Å².